The number of pyridine rings is 1. The van der Waals surface area contributed by atoms with E-state index in [0.717, 1.165) is 37.0 Å². The summed E-state index contributed by atoms with van der Waals surface area (Å²) in [5.74, 6) is 1.58. The third-order valence-corrected chi connectivity index (χ3v) is 4.70. The first-order chi connectivity index (χ1) is 13.2. The Morgan fingerprint density at radius 1 is 1.14 bits per heavy atom. The van der Waals surface area contributed by atoms with Crippen LogP contribution in [-0.4, -0.2) is 30.6 Å². The van der Waals surface area contributed by atoms with Gasteiger partial charge in [0, 0.05) is 32.4 Å². The van der Waals surface area contributed by atoms with Crippen LogP contribution in [0.3, 0.4) is 0 Å². The lowest BCUT2D eigenvalue weighted by molar-refractivity contribution is 0.616. The number of hydrogen-bond donors (Lipinski definition) is 2. The summed E-state index contributed by atoms with van der Waals surface area (Å²) >= 11 is 0. The number of hydrogen-bond acceptors (Lipinski definition) is 3. The first-order valence-electron chi connectivity index (χ1n) is 9.63. The van der Waals surface area contributed by atoms with Crippen molar-refractivity contribution in [2.45, 2.75) is 39.8 Å². The molecule has 1 fully saturated rings. The van der Waals surface area contributed by atoms with Crippen LogP contribution in [0.15, 0.2) is 41.5 Å². The van der Waals surface area contributed by atoms with Gasteiger partial charge in [0.25, 0.3) is 0 Å². The predicted molar refractivity (Wildman–Crippen MR) is 124 cm³/mol. The molecule has 1 aliphatic heterocycles. The fraction of sp³-hybridized carbons (Fsp3) is 0.429. The second-order valence-corrected chi connectivity index (χ2v) is 6.85. The van der Waals surface area contributed by atoms with Gasteiger partial charge in [0.15, 0.2) is 5.96 Å². The third-order valence-electron chi connectivity index (χ3n) is 4.70. The predicted octanol–water partition coefficient (Wildman–Crippen LogP) is 4.00. The maximum atomic E-state index is 13.7. The Labute approximate surface area is 183 Å². The monoisotopic (exact) mass is 497 g/mol. The van der Waals surface area contributed by atoms with Gasteiger partial charge in [-0.25, -0.2) is 14.4 Å². The summed E-state index contributed by atoms with van der Waals surface area (Å²) in [6.07, 6.45) is 4.34. The summed E-state index contributed by atoms with van der Waals surface area (Å²) in [4.78, 5) is 11.4. The largest absolute Gasteiger partial charge is 0.357 e. The van der Waals surface area contributed by atoms with Crippen molar-refractivity contribution in [3.05, 3.63) is 59.0 Å². The van der Waals surface area contributed by atoms with Gasteiger partial charge in [-0.1, -0.05) is 12.1 Å². The molecule has 1 saturated heterocycles. The zero-order chi connectivity index (χ0) is 19.1. The quantitative estimate of drug-likeness (QED) is 0.360. The molecular weight excluding hydrogens is 468 g/mol. The molecule has 0 unspecified atom stereocenters. The molecule has 2 heterocycles. The van der Waals surface area contributed by atoms with Crippen LogP contribution in [0.25, 0.3) is 0 Å². The minimum Gasteiger partial charge on any atom is -0.357 e. The van der Waals surface area contributed by atoms with Crippen LogP contribution >= 0.6 is 24.0 Å². The normalized spacial score (nSPS) is 14.0. The number of aromatic nitrogens is 1. The van der Waals surface area contributed by atoms with Crippen LogP contribution in [0.4, 0.5) is 10.2 Å². The average Bonchev–Trinajstić information content (AvgIpc) is 3.22. The lowest BCUT2D eigenvalue weighted by Gasteiger charge is -2.17. The zero-order valence-corrected chi connectivity index (χ0v) is 18.9. The van der Waals surface area contributed by atoms with Gasteiger partial charge in [-0.3, -0.25) is 0 Å². The van der Waals surface area contributed by atoms with Gasteiger partial charge in [0.2, 0.25) is 0 Å². The molecule has 2 N–H and O–H groups in total. The Balaban J connectivity index is 0.00000280. The molecule has 28 heavy (non-hydrogen) atoms. The number of benzene rings is 1. The number of nitrogens with one attached hydrogen (secondary N) is 2. The SMILES string of the molecule is CCNC(=NCc1ccc(C)c(F)c1)NCc1ccnc(N2CCCC2)c1.I. The highest BCUT2D eigenvalue weighted by Gasteiger charge is 2.13. The van der Waals surface area contributed by atoms with E-state index in [1.807, 2.05) is 25.3 Å². The first kappa shape index (κ1) is 22.4. The number of nitrogens with zero attached hydrogens (tertiary/aromatic N) is 3. The van der Waals surface area contributed by atoms with Crippen LogP contribution in [-0.2, 0) is 13.1 Å². The maximum absolute atomic E-state index is 13.7. The van der Waals surface area contributed by atoms with Crippen molar-refractivity contribution in [2.24, 2.45) is 4.99 Å². The Morgan fingerprint density at radius 2 is 1.93 bits per heavy atom. The van der Waals surface area contributed by atoms with E-state index in [-0.39, 0.29) is 29.8 Å². The highest BCUT2D eigenvalue weighted by atomic mass is 127. The molecular formula is C21H29FIN5. The van der Waals surface area contributed by atoms with E-state index in [1.165, 1.54) is 18.4 Å². The molecule has 0 saturated carbocycles. The molecule has 0 radical (unpaired) electrons. The Kier molecular flexibility index (Phi) is 8.95. The molecule has 152 valence electrons. The van der Waals surface area contributed by atoms with Crippen LogP contribution in [0, 0.1) is 12.7 Å². The van der Waals surface area contributed by atoms with Crippen molar-refractivity contribution >= 4 is 35.8 Å². The Hall–Kier alpha value is -1.90. The Morgan fingerprint density at radius 3 is 2.64 bits per heavy atom. The van der Waals surface area contributed by atoms with Crippen molar-refractivity contribution in [1.82, 2.24) is 15.6 Å². The zero-order valence-electron chi connectivity index (χ0n) is 16.5. The molecule has 0 amide bonds. The summed E-state index contributed by atoms with van der Waals surface area (Å²) in [6.45, 7) is 7.82. The van der Waals surface area contributed by atoms with Crippen molar-refractivity contribution < 1.29 is 4.39 Å². The van der Waals surface area contributed by atoms with Crippen molar-refractivity contribution in [3.63, 3.8) is 0 Å². The smallest absolute Gasteiger partial charge is 0.191 e. The lowest BCUT2D eigenvalue weighted by Crippen LogP contribution is -2.36. The number of aryl methyl sites for hydroxylation is 1. The highest BCUT2D eigenvalue weighted by Crippen LogP contribution is 2.18. The molecule has 5 nitrogen and oxygen atoms in total. The van der Waals surface area contributed by atoms with Gasteiger partial charge in [0.1, 0.15) is 11.6 Å². The fourth-order valence-electron chi connectivity index (χ4n) is 3.12. The van der Waals surface area contributed by atoms with Gasteiger partial charge in [-0.15, -0.1) is 24.0 Å². The van der Waals surface area contributed by atoms with E-state index in [0.29, 0.717) is 18.7 Å². The molecule has 1 aliphatic rings. The standard InChI is InChI=1S/C21H28FN5.HI/c1-3-23-21(25-14-17-7-6-16(2)19(22)12-17)26-15-18-8-9-24-20(13-18)27-10-4-5-11-27;/h6-9,12-13H,3-5,10-11,14-15H2,1-2H3,(H2,23,25,26);1H. The second kappa shape index (κ2) is 11.2. The number of guanidine groups is 1. The lowest BCUT2D eigenvalue weighted by atomic mass is 10.1. The highest BCUT2D eigenvalue weighted by molar-refractivity contribution is 14.0. The van der Waals surface area contributed by atoms with Crippen LogP contribution in [0.2, 0.25) is 0 Å². The molecule has 1 aromatic heterocycles. The topological polar surface area (TPSA) is 52.6 Å². The van der Waals surface area contributed by atoms with E-state index < -0.39 is 0 Å². The second-order valence-electron chi connectivity index (χ2n) is 6.85. The van der Waals surface area contributed by atoms with E-state index in [2.05, 4.69) is 31.6 Å². The van der Waals surface area contributed by atoms with E-state index in [4.69, 9.17) is 0 Å². The molecule has 2 aromatic rings. The van der Waals surface area contributed by atoms with E-state index >= 15 is 0 Å². The van der Waals surface area contributed by atoms with Gasteiger partial charge in [0.05, 0.1) is 6.54 Å². The molecule has 1 aromatic carbocycles. The molecule has 0 aliphatic carbocycles. The minimum atomic E-state index is -0.188. The van der Waals surface area contributed by atoms with E-state index in [9.17, 15) is 4.39 Å². The fourth-order valence-corrected chi connectivity index (χ4v) is 3.12. The van der Waals surface area contributed by atoms with Gasteiger partial charge >= 0.3 is 0 Å². The van der Waals surface area contributed by atoms with Gasteiger partial charge in [-0.2, -0.15) is 0 Å². The van der Waals surface area contributed by atoms with Gasteiger partial charge < -0.3 is 15.5 Å². The van der Waals surface area contributed by atoms with Gasteiger partial charge in [-0.05, 0) is 61.6 Å². The molecule has 0 atom stereocenters. The van der Waals surface area contributed by atoms with Crippen molar-refractivity contribution in [3.8, 4) is 0 Å². The summed E-state index contributed by atoms with van der Waals surface area (Å²) in [5, 5.41) is 6.59. The van der Waals surface area contributed by atoms with Crippen LogP contribution in [0.5, 0.6) is 0 Å². The summed E-state index contributed by atoms with van der Waals surface area (Å²) in [7, 11) is 0. The average molecular weight is 497 g/mol. The number of anilines is 1. The minimum absolute atomic E-state index is 0. The van der Waals surface area contributed by atoms with E-state index in [1.54, 1.807) is 19.1 Å². The van der Waals surface area contributed by atoms with Crippen molar-refractivity contribution in [2.75, 3.05) is 24.5 Å². The number of aliphatic imine (C=N–C) groups is 1. The summed E-state index contributed by atoms with van der Waals surface area (Å²) in [5.41, 5.74) is 2.67. The van der Waals surface area contributed by atoms with Crippen LogP contribution in [0.1, 0.15) is 36.5 Å². The van der Waals surface area contributed by atoms with Crippen LogP contribution < -0.4 is 15.5 Å². The number of rotatable bonds is 6. The molecule has 0 bridgehead atoms. The first-order valence-corrected chi connectivity index (χ1v) is 9.63. The summed E-state index contributed by atoms with van der Waals surface area (Å²) in [6, 6.07) is 9.41. The molecule has 7 heteroatoms. The maximum Gasteiger partial charge on any atom is 0.191 e. The van der Waals surface area contributed by atoms with Crippen molar-refractivity contribution in [1.29, 1.82) is 0 Å². The Bertz CT molecular complexity index is 790. The summed E-state index contributed by atoms with van der Waals surface area (Å²) < 4.78 is 13.7. The number of halogens is 2. The molecule has 0 spiro atoms. The molecule has 3 rings (SSSR count). The third kappa shape index (κ3) is 6.32.